The molecule has 0 atom stereocenters. The van der Waals surface area contributed by atoms with E-state index in [-0.39, 0.29) is 5.91 Å². The lowest BCUT2D eigenvalue weighted by Crippen LogP contribution is -2.27. The van der Waals surface area contributed by atoms with Gasteiger partial charge in [-0.2, -0.15) is 0 Å². The van der Waals surface area contributed by atoms with Crippen LogP contribution >= 0.6 is 0 Å². The molecule has 0 bridgehead atoms. The second kappa shape index (κ2) is 8.35. The van der Waals surface area contributed by atoms with Gasteiger partial charge in [0.05, 0.1) is 13.7 Å². The molecular formula is C17H24N4O3. The number of carbonyl (C=O) groups excluding carboxylic acids is 1. The highest BCUT2D eigenvalue weighted by Gasteiger charge is 2.16. The molecule has 7 nitrogen and oxygen atoms in total. The summed E-state index contributed by atoms with van der Waals surface area (Å²) in [5.74, 6) is 1.83. The lowest BCUT2D eigenvalue weighted by molar-refractivity contribution is 0.0779. The van der Waals surface area contributed by atoms with Gasteiger partial charge in [-0.1, -0.05) is 0 Å². The van der Waals surface area contributed by atoms with Crippen LogP contribution in [0, 0.1) is 0 Å². The predicted molar refractivity (Wildman–Crippen MR) is 91.2 cm³/mol. The highest BCUT2D eigenvalue weighted by molar-refractivity contribution is 5.94. The molecule has 7 heteroatoms. The number of ether oxygens (including phenoxy) is 2. The van der Waals surface area contributed by atoms with Crippen molar-refractivity contribution in [3.8, 4) is 11.5 Å². The van der Waals surface area contributed by atoms with Crippen molar-refractivity contribution in [1.29, 1.82) is 0 Å². The second-order valence-corrected chi connectivity index (χ2v) is 5.29. The number of hydrogen-bond donors (Lipinski definition) is 1. The Morgan fingerprint density at radius 3 is 2.83 bits per heavy atom. The number of benzene rings is 1. The second-order valence-electron chi connectivity index (χ2n) is 5.29. The number of imidazole rings is 1. The average molecular weight is 332 g/mol. The maximum Gasteiger partial charge on any atom is 0.254 e. The first-order valence-corrected chi connectivity index (χ1v) is 7.87. The van der Waals surface area contributed by atoms with Crippen LogP contribution in [0.3, 0.4) is 0 Å². The van der Waals surface area contributed by atoms with E-state index in [4.69, 9.17) is 15.2 Å². The molecule has 1 aromatic carbocycles. The molecule has 0 spiro atoms. The van der Waals surface area contributed by atoms with Crippen LogP contribution in [0.5, 0.6) is 11.5 Å². The van der Waals surface area contributed by atoms with Gasteiger partial charge in [0.2, 0.25) is 0 Å². The Hall–Kier alpha value is -2.54. The van der Waals surface area contributed by atoms with E-state index in [0.717, 1.165) is 12.4 Å². The van der Waals surface area contributed by atoms with Gasteiger partial charge in [-0.05, 0) is 25.1 Å². The quantitative estimate of drug-likeness (QED) is 0.792. The molecule has 0 radical (unpaired) electrons. The fourth-order valence-electron chi connectivity index (χ4n) is 2.37. The third-order valence-corrected chi connectivity index (χ3v) is 3.65. The monoisotopic (exact) mass is 332 g/mol. The molecule has 1 aromatic heterocycles. The van der Waals surface area contributed by atoms with E-state index in [9.17, 15) is 4.79 Å². The largest absolute Gasteiger partial charge is 0.493 e. The van der Waals surface area contributed by atoms with Crippen molar-refractivity contribution in [2.45, 2.75) is 20.0 Å². The third kappa shape index (κ3) is 4.05. The van der Waals surface area contributed by atoms with Crippen molar-refractivity contribution >= 4 is 5.91 Å². The zero-order valence-electron chi connectivity index (χ0n) is 14.4. The number of aryl methyl sites for hydroxylation is 1. The number of rotatable bonds is 8. The van der Waals surface area contributed by atoms with E-state index in [1.165, 1.54) is 0 Å². The summed E-state index contributed by atoms with van der Waals surface area (Å²) in [5, 5.41) is 0. The molecule has 0 aliphatic heterocycles. The van der Waals surface area contributed by atoms with Crippen molar-refractivity contribution in [1.82, 2.24) is 14.5 Å². The fraction of sp³-hybridized carbons (Fsp3) is 0.412. The molecule has 0 unspecified atom stereocenters. The molecule has 24 heavy (non-hydrogen) atoms. The van der Waals surface area contributed by atoms with Crippen LogP contribution in [0.2, 0.25) is 0 Å². The van der Waals surface area contributed by atoms with Crippen LogP contribution in [-0.2, 0) is 13.1 Å². The van der Waals surface area contributed by atoms with Crippen molar-refractivity contribution in [3.63, 3.8) is 0 Å². The lowest BCUT2D eigenvalue weighted by Gasteiger charge is -2.18. The molecule has 1 amide bonds. The molecule has 0 saturated carbocycles. The number of nitrogens with zero attached hydrogens (tertiary/aromatic N) is 3. The minimum atomic E-state index is -0.107. The smallest absolute Gasteiger partial charge is 0.254 e. The first kappa shape index (κ1) is 17.8. The van der Waals surface area contributed by atoms with E-state index >= 15 is 0 Å². The van der Waals surface area contributed by atoms with Crippen molar-refractivity contribution in [2.75, 3.05) is 27.3 Å². The SMILES string of the molecule is CCn1ccnc1CN(C)C(=O)c1ccc(OCCN)c(OC)c1. The van der Waals surface area contributed by atoms with Gasteiger partial charge in [0.15, 0.2) is 11.5 Å². The Bertz CT molecular complexity index is 684. The first-order chi connectivity index (χ1) is 11.6. The number of amides is 1. The standard InChI is InChI=1S/C17H24N4O3/c1-4-21-9-8-19-16(21)12-20(2)17(22)13-5-6-14(24-10-7-18)15(11-13)23-3/h5-6,8-9,11H,4,7,10,12,18H2,1-3H3. The third-order valence-electron chi connectivity index (χ3n) is 3.65. The van der Waals surface area contributed by atoms with Gasteiger partial charge in [0, 0.05) is 38.1 Å². The molecule has 2 rings (SSSR count). The van der Waals surface area contributed by atoms with Crippen molar-refractivity contribution in [2.24, 2.45) is 5.73 Å². The minimum absolute atomic E-state index is 0.107. The van der Waals surface area contributed by atoms with Gasteiger partial charge >= 0.3 is 0 Å². The van der Waals surface area contributed by atoms with Crippen LogP contribution < -0.4 is 15.2 Å². The van der Waals surface area contributed by atoms with E-state index < -0.39 is 0 Å². The Morgan fingerprint density at radius 2 is 2.17 bits per heavy atom. The highest BCUT2D eigenvalue weighted by Crippen LogP contribution is 2.28. The van der Waals surface area contributed by atoms with Crippen LogP contribution in [0.15, 0.2) is 30.6 Å². The molecular weight excluding hydrogens is 308 g/mol. The van der Waals surface area contributed by atoms with E-state index in [2.05, 4.69) is 4.98 Å². The van der Waals surface area contributed by atoms with Crippen molar-refractivity contribution < 1.29 is 14.3 Å². The molecule has 0 saturated heterocycles. The topological polar surface area (TPSA) is 82.6 Å². The van der Waals surface area contributed by atoms with Gasteiger partial charge in [-0.15, -0.1) is 0 Å². The highest BCUT2D eigenvalue weighted by atomic mass is 16.5. The summed E-state index contributed by atoms with van der Waals surface area (Å²) in [4.78, 5) is 18.6. The Balaban J connectivity index is 2.13. The molecule has 0 aliphatic rings. The summed E-state index contributed by atoms with van der Waals surface area (Å²) in [6.45, 7) is 4.10. The summed E-state index contributed by atoms with van der Waals surface area (Å²) in [6.07, 6.45) is 3.64. The Labute approximate surface area is 142 Å². The van der Waals surface area contributed by atoms with Gasteiger partial charge in [0.1, 0.15) is 12.4 Å². The number of carbonyl (C=O) groups is 1. The number of methoxy groups -OCH3 is 1. The van der Waals surface area contributed by atoms with Crippen LogP contribution in [0.25, 0.3) is 0 Å². The normalized spacial score (nSPS) is 10.5. The average Bonchev–Trinajstić information content (AvgIpc) is 3.06. The molecule has 2 N–H and O–H groups in total. The van der Waals surface area contributed by atoms with E-state index in [1.807, 2.05) is 17.7 Å². The number of nitrogens with two attached hydrogens (primary N) is 1. The van der Waals surface area contributed by atoms with Crippen LogP contribution in [0.1, 0.15) is 23.1 Å². The van der Waals surface area contributed by atoms with Crippen LogP contribution in [-0.4, -0.2) is 47.7 Å². The van der Waals surface area contributed by atoms with E-state index in [0.29, 0.717) is 36.8 Å². The molecule has 2 aromatic rings. The molecule has 0 aliphatic carbocycles. The molecule has 130 valence electrons. The zero-order chi connectivity index (χ0) is 17.5. The first-order valence-electron chi connectivity index (χ1n) is 7.87. The van der Waals surface area contributed by atoms with Gasteiger partial charge in [0.25, 0.3) is 5.91 Å². The van der Waals surface area contributed by atoms with Gasteiger partial charge < -0.3 is 24.7 Å². The van der Waals surface area contributed by atoms with Crippen LogP contribution in [0.4, 0.5) is 0 Å². The zero-order valence-corrected chi connectivity index (χ0v) is 14.4. The summed E-state index contributed by atoms with van der Waals surface area (Å²) >= 11 is 0. The maximum absolute atomic E-state index is 12.6. The number of aromatic nitrogens is 2. The van der Waals surface area contributed by atoms with Crippen molar-refractivity contribution in [3.05, 3.63) is 42.0 Å². The van der Waals surface area contributed by atoms with Gasteiger partial charge in [-0.3, -0.25) is 4.79 Å². The number of hydrogen-bond acceptors (Lipinski definition) is 5. The molecule has 0 fully saturated rings. The van der Waals surface area contributed by atoms with E-state index in [1.54, 1.807) is 43.5 Å². The summed E-state index contributed by atoms with van der Waals surface area (Å²) in [5.41, 5.74) is 5.97. The minimum Gasteiger partial charge on any atom is -0.493 e. The molecule has 1 heterocycles. The Morgan fingerprint density at radius 1 is 1.38 bits per heavy atom. The summed E-state index contributed by atoms with van der Waals surface area (Å²) in [6, 6.07) is 5.12. The Kier molecular flexibility index (Phi) is 6.20. The summed E-state index contributed by atoms with van der Waals surface area (Å²) in [7, 11) is 3.29. The van der Waals surface area contributed by atoms with Gasteiger partial charge in [-0.25, -0.2) is 4.98 Å². The summed E-state index contributed by atoms with van der Waals surface area (Å²) < 4.78 is 12.8. The maximum atomic E-state index is 12.6. The lowest BCUT2D eigenvalue weighted by atomic mass is 10.1. The predicted octanol–water partition coefficient (Wildman–Crippen LogP) is 1.52. The fourth-order valence-corrected chi connectivity index (χ4v) is 2.37.